The Kier molecular flexibility index (Phi) is 3.65. The third-order valence-corrected chi connectivity index (χ3v) is 4.53. The second kappa shape index (κ2) is 4.91. The first-order chi connectivity index (χ1) is 8.40. The number of nitrogens with one attached hydrogen (secondary N) is 2. The summed E-state index contributed by atoms with van der Waals surface area (Å²) in [5.74, 6) is -1.76. The first-order valence-corrected chi connectivity index (χ1v) is 7.06. The summed E-state index contributed by atoms with van der Waals surface area (Å²) in [4.78, 5) is -0.525. The molecule has 1 aliphatic heterocycles. The van der Waals surface area contributed by atoms with Gasteiger partial charge in [-0.1, -0.05) is 6.92 Å². The highest BCUT2D eigenvalue weighted by molar-refractivity contribution is 7.89. The molecule has 0 aliphatic carbocycles. The van der Waals surface area contributed by atoms with Crippen LogP contribution in [0.1, 0.15) is 6.92 Å². The molecule has 18 heavy (non-hydrogen) atoms. The zero-order valence-corrected chi connectivity index (χ0v) is 10.6. The van der Waals surface area contributed by atoms with E-state index in [0.717, 1.165) is 12.1 Å². The Morgan fingerprint density at radius 3 is 2.61 bits per heavy atom. The van der Waals surface area contributed by atoms with E-state index in [1.807, 2.05) is 6.92 Å². The number of hydrogen-bond acceptors (Lipinski definition) is 3. The molecule has 7 heteroatoms. The van der Waals surface area contributed by atoms with E-state index >= 15 is 0 Å². The molecule has 0 bridgehead atoms. The van der Waals surface area contributed by atoms with Gasteiger partial charge in [-0.15, -0.1) is 0 Å². The van der Waals surface area contributed by atoms with Crippen molar-refractivity contribution in [3.63, 3.8) is 0 Å². The van der Waals surface area contributed by atoms with Crippen LogP contribution in [-0.2, 0) is 10.0 Å². The van der Waals surface area contributed by atoms with Crippen LogP contribution in [0.4, 0.5) is 8.78 Å². The summed E-state index contributed by atoms with van der Waals surface area (Å²) in [7, 11) is -3.96. The van der Waals surface area contributed by atoms with Gasteiger partial charge in [0.15, 0.2) is 0 Å². The Bertz CT molecular complexity index is 548. The maximum absolute atomic E-state index is 13.4. The fourth-order valence-electron chi connectivity index (χ4n) is 1.92. The zero-order chi connectivity index (χ0) is 13.3. The molecule has 1 aliphatic rings. The largest absolute Gasteiger partial charge is 0.315 e. The number of rotatable bonds is 3. The van der Waals surface area contributed by atoms with Crippen molar-refractivity contribution in [3.8, 4) is 0 Å². The van der Waals surface area contributed by atoms with Gasteiger partial charge in [-0.3, -0.25) is 0 Å². The predicted octanol–water partition coefficient (Wildman–Crippen LogP) is 0.851. The van der Waals surface area contributed by atoms with Crippen molar-refractivity contribution in [3.05, 3.63) is 29.8 Å². The van der Waals surface area contributed by atoms with Crippen LogP contribution >= 0.6 is 0 Å². The van der Waals surface area contributed by atoms with Gasteiger partial charge in [-0.2, -0.15) is 0 Å². The molecule has 1 saturated heterocycles. The van der Waals surface area contributed by atoms with Gasteiger partial charge < -0.3 is 5.32 Å². The second-order valence-electron chi connectivity index (χ2n) is 4.44. The maximum atomic E-state index is 13.4. The first kappa shape index (κ1) is 13.4. The average molecular weight is 276 g/mol. The normalized spacial score (nSPS) is 24.4. The van der Waals surface area contributed by atoms with E-state index < -0.39 is 26.6 Å². The molecule has 1 heterocycles. The van der Waals surface area contributed by atoms with Crippen molar-refractivity contribution in [1.82, 2.24) is 10.0 Å². The maximum Gasteiger partial charge on any atom is 0.243 e. The fraction of sp³-hybridized carbons (Fsp3) is 0.455. The number of benzene rings is 1. The van der Waals surface area contributed by atoms with Crippen molar-refractivity contribution in [1.29, 1.82) is 0 Å². The summed E-state index contributed by atoms with van der Waals surface area (Å²) in [5.41, 5.74) is 0. The van der Waals surface area contributed by atoms with Crippen LogP contribution in [0.15, 0.2) is 23.1 Å². The molecule has 2 atom stereocenters. The SMILES string of the molecule is CC1CNCC1NS(=O)(=O)c1ccc(F)cc1F. The number of halogens is 2. The van der Waals surface area contributed by atoms with Crippen LogP contribution in [0.2, 0.25) is 0 Å². The summed E-state index contributed by atoms with van der Waals surface area (Å²) in [6.45, 7) is 3.11. The highest BCUT2D eigenvalue weighted by Gasteiger charge is 2.29. The minimum Gasteiger partial charge on any atom is -0.315 e. The Labute approximate surface area is 104 Å². The van der Waals surface area contributed by atoms with Gasteiger partial charge in [0.2, 0.25) is 10.0 Å². The summed E-state index contributed by atoms with van der Waals surface area (Å²) >= 11 is 0. The predicted molar refractivity (Wildman–Crippen MR) is 62.5 cm³/mol. The lowest BCUT2D eigenvalue weighted by atomic mass is 10.1. The molecule has 1 fully saturated rings. The van der Waals surface area contributed by atoms with Crippen LogP contribution in [0.5, 0.6) is 0 Å². The lowest BCUT2D eigenvalue weighted by molar-refractivity contribution is 0.496. The molecule has 1 aromatic carbocycles. The smallest absolute Gasteiger partial charge is 0.243 e. The van der Waals surface area contributed by atoms with Crippen molar-refractivity contribution in [2.45, 2.75) is 17.9 Å². The molecule has 0 saturated carbocycles. The van der Waals surface area contributed by atoms with E-state index in [2.05, 4.69) is 10.0 Å². The van der Waals surface area contributed by atoms with Crippen LogP contribution in [0.3, 0.4) is 0 Å². The van der Waals surface area contributed by atoms with Gasteiger partial charge in [0.25, 0.3) is 0 Å². The van der Waals surface area contributed by atoms with Crippen LogP contribution in [0, 0.1) is 17.6 Å². The summed E-state index contributed by atoms with van der Waals surface area (Å²) in [6.07, 6.45) is 0. The van der Waals surface area contributed by atoms with E-state index in [1.165, 1.54) is 0 Å². The molecule has 2 N–H and O–H groups in total. The monoisotopic (exact) mass is 276 g/mol. The van der Waals surface area contributed by atoms with Gasteiger partial charge in [0.1, 0.15) is 16.5 Å². The van der Waals surface area contributed by atoms with E-state index in [9.17, 15) is 17.2 Å². The molecule has 0 amide bonds. The molecule has 4 nitrogen and oxygen atoms in total. The third-order valence-electron chi connectivity index (χ3n) is 3.01. The van der Waals surface area contributed by atoms with Crippen molar-refractivity contribution >= 4 is 10.0 Å². The molecule has 0 spiro atoms. The molecule has 1 aromatic rings. The van der Waals surface area contributed by atoms with Crippen LogP contribution < -0.4 is 10.0 Å². The summed E-state index contributed by atoms with van der Waals surface area (Å²) in [5, 5.41) is 3.04. The Morgan fingerprint density at radius 1 is 1.33 bits per heavy atom. The average Bonchev–Trinajstić information content (AvgIpc) is 2.63. The van der Waals surface area contributed by atoms with Gasteiger partial charge in [-0.25, -0.2) is 21.9 Å². The standard InChI is InChI=1S/C11H14F2N2O2S/c1-7-5-14-6-10(7)15-18(16,17)11-3-2-8(12)4-9(11)13/h2-4,7,10,14-15H,5-6H2,1H3. The lowest BCUT2D eigenvalue weighted by Crippen LogP contribution is -2.39. The lowest BCUT2D eigenvalue weighted by Gasteiger charge is -2.16. The van der Waals surface area contributed by atoms with Gasteiger partial charge >= 0.3 is 0 Å². The fourth-order valence-corrected chi connectivity index (χ4v) is 3.33. The van der Waals surface area contributed by atoms with Crippen molar-refractivity contribution in [2.24, 2.45) is 5.92 Å². The molecule has 2 unspecified atom stereocenters. The number of sulfonamides is 1. The highest BCUT2D eigenvalue weighted by Crippen LogP contribution is 2.17. The van der Waals surface area contributed by atoms with Gasteiger partial charge in [0, 0.05) is 18.7 Å². The van der Waals surface area contributed by atoms with Gasteiger partial charge in [-0.05, 0) is 24.6 Å². The minimum absolute atomic E-state index is 0.128. The summed E-state index contributed by atoms with van der Waals surface area (Å²) in [6, 6.07) is 2.14. The molecule has 0 radical (unpaired) electrons. The van der Waals surface area contributed by atoms with Crippen molar-refractivity contribution in [2.75, 3.05) is 13.1 Å². The van der Waals surface area contributed by atoms with E-state index in [1.54, 1.807) is 0 Å². The van der Waals surface area contributed by atoms with Crippen LogP contribution in [0.25, 0.3) is 0 Å². The highest BCUT2D eigenvalue weighted by atomic mass is 32.2. The minimum atomic E-state index is -3.96. The van der Waals surface area contributed by atoms with Crippen molar-refractivity contribution < 1.29 is 17.2 Å². The quantitative estimate of drug-likeness (QED) is 0.860. The second-order valence-corrected chi connectivity index (χ2v) is 6.12. The molecular weight excluding hydrogens is 262 g/mol. The topological polar surface area (TPSA) is 58.2 Å². The van der Waals surface area contributed by atoms with Crippen LogP contribution in [-0.4, -0.2) is 27.5 Å². The zero-order valence-electron chi connectivity index (χ0n) is 9.78. The Balaban J connectivity index is 2.25. The first-order valence-electron chi connectivity index (χ1n) is 5.58. The molecule has 100 valence electrons. The van der Waals surface area contributed by atoms with E-state index in [-0.39, 0.29) is 12.0 Å². The summed E-state index contributed by atoms with van der Waals surface area (Å²) < 4.78 is 52.5. The molecule has 0 aromatic heterocycles. The van der Waals surface area contributed by atoms with E-state index in [4.69, 9.17) is 0 Å². The molecular formula is C11H14F2N2O2S. The van der Waals surface area contributed by atoms with E-state index in [0.29, 0.717) is 19.2 Å². The number of hydrogen-bond donors (Lipinski definition) is 2. The third kappa shape index (κ3) is 2.68. The Morgan fingerprint density at radius 2 is 2.06 bits per heavy atom. The molecule has 2 rings (SSSR count). The van der Waals surface area contributed by atoms with Gasteiger partial charge in [0.05, 0.1) is 0 Å². The Hall–Kier alpha value is -1.05.